The van der Waals surface area contributed by atoms with Crippen LogP contribution in [0.3, 0.4) is 0 Å². The van der Waals surface area contributed by atoms with E-state index in [0.29, 0.717) is 12.0 Å². The zero-order valence-electron chi connectivity index (χ0n) is 14.2. The molecule has 0 amide bonds. The van der Waals surface area contributed by atoms with E-state index < -0.39 is 0 Å². The minimum Gasteiger partial charge on any atom is -0.368 e. The van der Waals surface area contributed by atoms with Crippen LogP contribution in [-0.2, 0) is 0 Å². The molecule has 2 N–H and O–H groups in total. The number of hydrogen-bond acceptors (Lipinski definition) is 4. The summed E-state index contributed by atoms with van der Waals surface area (Å²) in [5.74, 6) is 1.40. The molecule has 24 heavy (non-hydrogen) atoms. The Labute approximate surface area is 143 Å². The van der Waals surface area contributed by atoms with Crippen molar-refractivity contribution < 1.29 is 0 Å². The average Bonchev–Trinajstić information content (AvgIpc) is 2.57. The van der Waals surface area contributed by atoms with Crippen molar-refractivity contribution in [2.75, 3.05) is 10.6 Å². The van der Waals surface area contributed by atoms with Gasteiger partial charge >= 0.3 is 0 Å². The van der Waals surface area contributed by atoms with E-state index in [1.807, 2.05) is 36.4 Å². The third-order valence-corrected chi connectivity index (χ3v) is 3.54. The van der Waals surface area contributed by atoms with Crippen molar-refractivity contribution in [1.82, 2.24) is 9.97 Å². The number of hydrogen-bond donors (Lipinski definition) is 2. The summed E-state index contributed by atoms with van der Waals surface area (Å²) in [5.41, 5.74) is 4.16. The van der Waals surface area contributed by atoms with Gasteiger partial charge in [-0.05, 0) is 32.9 Å². The number of nitrogens with one attached hydrogen (secondary N) is 2. The maximum atomic E-state index is 4.67. The van der Waals surface area contributed by atoms with E-state index >= 15 is 0 Å². The van der Waals surface area contributed by atoms with Crippen molar-refractivity contribution in [1.29, 1.82) is 0 Å². The van der Waals surface area contributed by atoms with E-state index in [2.05, 4.69) is 65.6 Å². The third kappa shape index (κ3) is 4.10. The van der Waals surface area contributed by atoms with Gasteiger partial charge < -0.3 is 10.6 Å². The predicted octanol–water partition coefficient (Wildman–Crippen LogP) is 5.02. The highest BCUT2D eigenvalue weighted by molar-refractivity contribution is 5.66. The second-order valence-electron chi connectivity index (χ2n) is 6.12. The molecule has 0 bridgehead atoms. The predicted molar refractivity (Wildman–Crippen MR) is 101 cm³/mol. The topological polar surface area (TPSA) is 49.8 Å². The highest BCUT2D eigenvalue weighted by atomic mass is 15.1. The van der Waals surface area contributed by atoms with Gasteiger partial charge in [0.25, 0.3) is 0 Å². The molecular formula is C20H22N4. The monoisotopic (exact) mass is 318 g/mol. The molecule has 0 radical (unpaired) electrons. The Morgan fingerprint density at radius 1 is 0.875 bits per heavy atom. The first-order valence-electron chi connectivity index (χ1n) is 8.15. The lowest BCUT2D eigenvalue weighted by atomic mass is 10.1. The number of aromatic nitrogens is 2. The quantitative estimate of drug-likeness (QED) is 0.694. The van der Waals surface area contributed by atoms with Crippen LogP contribution in [0.4, 0.5) is 17.5 Å². The molecule has 2 aromatic carbocycles. The lowest BCUT2D eigenvalue weighted by Crippen LogP contribution is -2.12. The zero-order chi connectivity index (χ0) is 16.9. The molecule has 1 aromatic heterocycles. The number of aryl methyl sites for hydroxylation is 1. The Morgan fingerprint density at radius 2 is 1.58 bits per heavy atom. The van der Waals surface area contributed by atoms with Gasteiger partial charge in [0.15, 0.2) is 0 Å². The molecule has 0 aliphatic heterocycles. The summed E-state index contributed by atoms with van der Waals surface area (Å²) < 4.78 is 0. The Bertz CT molecular complexity index is 796. The largest absolute Gasteiger partial charge is 0.368 e. The lowest BCUT2D eigenvalue weighted by molar-refractivity contribution is 0.887. The first-order valence-corrected chi connectivity index (χ1v) is 8.15. The minimum atomic E-state index is 0.302. The van der Waals surface area contributed by atoms with E-state index in [4.69, 9.17) is 0 Å². The maximum Gasteiger partial charge on any atom is 0.229 e. The molecule has 0 aliphatic rings. The number of rotatable bonds is 5. The number of benzene rings is 2. The van der Waals surface area contributed by atoms with Crippen molar-refractivity contribution in [3.8, 4) is 11.3 Å². The molecule has 0 spiro atoms. The highest BCUT2D eigenvalue weighted by Gasteiger charge is 2.08. The van der Waals surface area contributed by atoms with Crippen LogP contribution in [-0.4, -0.2) is 16.0 Å². The molecule has 0 atom stereocenters. The molecule has 3 rings (SSSR count). The Morgan fingerprint density at radius 3 is 2.25 bits per heavy atom. The minimum absolute atomic E-state index is 0.302. The zero-order valence-corrected chi connectivity index (χ0v) is 14.2. The molecule has 122 valence electrons. The number of anilines is 3. The van der Waals surface area contributed by atoms with Crippen LogP contribution in [0.15, 0.2) is 60.7 Å². The Hall–Kier alpha value is -2.88. The van der Waals surface area contributed by atoms with Crippen molar-refractivity contribution in [3.05, 3.63) is 66.2 Å². The first kappa shape index (κ1) is 16.0. The Kier molecular flexibility index (Phi) is 4.75. The van der Waals surface area contributed by atoms with Crippen LogP contribution in [0, 0.1) is 6.92 Å². The average molecular weight is 318 g/mol. The molecular weight excluding hydrogens is 296 g/mol. The smallest absolute Gasteiger partial charge is 0.229 e. The van der Waals surface area contributed by atoms with Crippen LogP contribution in [0.2, 0.25) is 0 Å². The molecule has 0 fully saturated rings. The number of nitrogens with zero attached hydrogens (tertiary/aromatic N) is 2. The van der Waals surface area contributed by atoms with Gasteiger partial charge in [-0.2, -0.15) is 4.98 Å². The summed E-state index contributed by atoms with van der Waals surface area (Å²) in [4.78, 5) is 9.25. The molecule has 1 heterocycles. The first-order chi connectivity index (χ1) is 11.6. The van der Waals surface area contributed by atoms with Gasteiger partial charge in [-0.25, -0.2) is 4.98 Å². The van der Waals surface area contributed by atoms with E-state index in [-0.39, 0.29) is 0 Å². The van der Waals surface area contributed by atoms with E-state index in [9.17, 15) is 0 Å². The fourth-order valence-corrected chi connectivity index (χ4v) is 2.40. The molecule has 4 heteroatoms. The van der Waals surface area contributed by atoms with Gasteiger partial charge in [0, 0.05) is 23.4 Å². The van der Waals surface area contributed by atoms with Gasteiger partial charge in [-0.1, -0.05) is 48.0 Å². The Balaban J connectivity index is 1.96. The summed E-state index contributed by atoms with van der Waals surface area (Å²) >= 11 is 0. The fraction of sp³-hybridized carbons (Fsp3) is 0.200. The van der Waals surface area contributed by atoms with Crippen molar-refractivity contribution in [2.24, 2.45) is 0 Å². The standard InChI is InChI=1S/C20H22N4/c1-14(2)21-19-13-18(16-7-5-4-6-8-16)23-20(24-19)22-17-11-9-15(3)10-12-17/h4-14H,1-3H3,(H2,21,22,23,24). The van der Waals surface area contributed by atoms with Crippen LogP contribution in [0.25, 0.3) is 11.3 Å². The van der Waals surface area contributed by atoms with Crippen molar-refractivity contribution in [3.63, 3.8) is 0 Å². The summed E-state index contributed by atoms with van der Waals surface area (Å²) in [5, 5.41) is 6.65. The SMILES string of the molecule is Cc1ccc(Nc2nc(NC(C)C)cc(-c3ccccc3)n2)cc1. The normalized spacial score (nSPS) is 10.7. The second kappa shape index (κ2) is 7.13. The van der Waals surface area contributed by atoms with Gasteiger partial charge in [0.05, 0.1) is 5.69 Å². The van der Waals surface area contributed by atoms with Gasteiger partial charge in [-0.3, -0.25) is 0 Å². The van der Waals surface area contributed by atoms with Gasteiger partial charge in [-0.15, -0.1) is 0 Å². The lowest BCUT2D eigenvalue weighted by Gasteiger charge is -2.13. The van der Waals surface area contributed by atoms with E-state index in [1.165, 1.54) is 5.56 Å². The molecule has 0 saturated carbocycles. The fourth-order valence-electron chi connectivity index (χ4n) is 2.40. The molecule has 0 unspecified atom stereocenters. The van der Waals surface area contributed by atoms with E-state index in [1.54, 1.807) is 0 Å². The van der Waals surface area contributed by atoms with Crippen molar-refractivity contribution >= 4 is 17.5 Å². The summed E-state index contributed by atoms with van der Waals surface area (Å²) in [7, 11) is 0. The summed E-state index contributed by atoms with van der Waals surface area (Å²) in [6.07, 6.45) is 0. The van der Waals surface area contributed by atoms with Gasteiger partial charge in [0.2, 0.25) is 5.95 Å². The molecule has 0 aliphatic carbocycles. The molecule has 4 nitrogen and oxygen atoms in total. The highest BCUT2D eigenvalue weighted by Crippen LogP contribution is 2.23. The summed E-state index contributed by atoms with van der Waals surface area (Å²) in [6.45, 7) is 6.26. The molecule has 3 aromatic rings. The molecule has 0 saturated heterocycles. The van der Waals surface area contributed by atoms with Crippen LogP contribution < -0.4 is 10.6 Å². The van der Waals surface area contributed by atoms with Crippen molar-refractivity contribution in [2.45, 2.75) is 26.8 Å². The van der Waals surface area contributed by atoms with E-state index in [0.717, 1.165) is 22.8 Å². The summed E-state index contributed by atoms with van der Waals surface area (Å²) in [6, 6.07) is 20.6. The second-order valence-corrected chi connectivity index (χ2v) is 6.12. The van der Waals surface area contributed by atoms with Crippen LogP contribution >= 0.6 is 0 Å². The maximum absolute atomic E-state index is 4.67. The van der Waals surface area contributed by atoms with Crippen LogP contribution in [0.1, 0.15) is 19.4 Å². The van der Waals surface area contributed by atoms with Gasteiger partial charge in [0.1, 0.15) is 5.82 Å². The third-order valence-electron chi connectivity index (χ3n) is 3.54. The van der Waals surface area contributed by atoms with Crippen LogP contribution in [0.5, 0.6) is 0 Å².